The normalized spacial score (nSPS) is 15.5. The minimum absolute atomic E-state index is 0.0452. The van der Waals surface area contributed by atoms with Gasteiger partial charge < -0.3 is 25.4 Å². The van der Waals surface area contributed by atoms with Crippen LogP contribution in [0.25, 0.3) is 10.9 Å². The van der Waals surface area contributed by atoms with E-state index in [9.17, 15) is 9.59 Å². The summed E-state index contributed by atoms with van der Waals surface area (Å²) in [6.07, 6.45) is 4.18. The first-order valence-electron chi connectivity index (χ1n) is 13.5. The summed E-state index contributed by atoms with van der Waals surface area (Å²) < 4.78 is 0. The number of carbonyl (C=O) groups excluding carboxylic acids is 2. The van der Waals surface area contributed by atoms with Crippen LogP contribution in [0.4, 0.5) is 16.2 Å². The number of nitrogens with zero attached hydrogens (tertiary/aromatic N) is 2. The summed E-state index contributed by atoms with van der Waals surface area (Å²) in [7, 11) is 1.87. The van der Waals surface area contributed by atoms with Crippen molar-refractivity contribution in [3.63, 3.8) is 0 Å². The first-order valence-corrected chi connectivity index (χ1v) is 14.5. The molecule has 3 amide bonds. The number of anilines is 2. The number of benzene rings is 3. The number of hydrogen-bond acceptors (Lipinski definition) is 4. The highest BCUT2D eigenvalue weighted by Crippen LogP contribution is 2.38. The SMILES string of the molecule is CN(C(=O)CC(NC(=O)Nc1ccc2cc[nH]c2c1)c1ccc2c(c1)N(Cc1ccccc1)CCS2)C1CC1. The minimum atomic E-state index is -0.455. The van der Waals surface area contributed by atoms with Crippen LogP contribution >= 0.6 is 11.8 Å². The van der Waals surface area contributed by atoms with Gasteiger partial charge in [-0.25, -0.2) is 4.79 Å². The maximum absolute atomic E-state index is 13.2. The summed E-state index contributed by atoms with van der Waals surface area (Å²) in [6.45, 7) is 1.76. The number of aromatic amines is 1. The molecule has 7 nitrogen and oxygen atoms in total. The van der Waals surface area contributed by atoms with Gasteiger partial charge in [-0.15, -0.1) is 11.8 Å². The van der Waals surface area contributed by atoms with Crippen LogP contribution in [-0.4, -0.2) is 47.2 Å². The lowest BCUT2D eigenvalue weighted by Gasteiger charge is -2.32. The summed E-state index contributed by atoms with van der Waals surface area (Å²) in [4.78, 5) is 35.0. The second-order valence-corrected chi connectivity index (χ2v) is 11.5. The molecule has 39 heavy (non-hydrogen) atoms. The van der Waals surface area contributed by atoms with E-state index in [-0.39, 0.29) is 18.4 Å². The molecule has 0 spiro atoms. The quantitative estimate of drug-likeness (QED) is 0.251. The molecule has 2 heterocycles. The number of aromatic nitrogens is 1. The van der Waals surface area contributed by atoms with Crippen molar-refractivity contribution in [2.45, 2.75) is 42.8 Å². The Bertz CT molecular complexity index is 1480. The third-order valence-corrected chi connectivity index (χ3v) is 8.59. The number of carbonyl (C=O) groups is 2. The van der Waals surface area contributed by atoms with Crippen molar-refractivity contribution in [2.75, 3.05) is 29.6 Å². The molecule has 1 saturated carbocycles. The van der Waals surface area contributed by atoms with Crippen LogP contribution in [0, 0.1) is 0 Å². The Morgan fingerprint density at radius 1 is 1.08 bits per heavy atom. The molecule has 200 valence electrons. The van der Waals surface area contributed by atoms with Crippen molar-refractivity contribution in [1.82, 2.24) is 15.2 Å². The highest BCUT2D eigenvalue weighted by molar-refractivity contribution is 7.99. The zero-order valence-electron chi connectivity index (χ0n) is 22.0. The number of H-pyrrole nitrogens is 1. The second kappa shape index (κ2) is 11.1. The largest absolute Gasteiger partial charge is 0.365 e. The topological polar surface area (TPSA) is 80.5 Å². The number of rotatable bonds is 8. The Balaban J connectivity index is 1.25. The van der Waals surface area contributed by atoms with Crippen molar-refractivity contribution in [2.24, 2.45) is 0 Å². The first-order chi connectivity index (χ1) is 19.0. The Hall–Kier alpha value is -3.91. The van der Waals surface area contributed by atoms with Crippen molar-refractivity contribution >= 4 is 46.0 Å². The number of hydrogen-bond donors (Lipinski definition) is 3. The summed E-state index contributed by atoms with van der Waals surface area (Å²) in [5, 5.41) is 7.15. The van der Waals surface area contributed by atoms with Gasteiger partial charge in [-0.1, -0.05) is 42.5 Å². The Morgan fingerprint density at radius 3 is 2.74 bits per heavy atom. The lowest BCUT2D eigenvalue weighted by Crippen LogP contribution is -2.37. The molecule has 2 aliphatic rings. The third-order valence-electron chi connectivity index (χ3n) is 7.55. The lowest BCUT2D eigenvalue weighted by atomic mass is 10.0. The van der Waals surface area contributed by atoms with E-state index in [1.165, 1.54) is 10.5 Å². The van der Waals surface area contributed by atoms with E-state index in [4.69, 9.17) is 0 Å². The third kappa shape index (κ3) is 5.91. The molecule has 8 heteroatoms. The molecular weight excluding hydrogens is 506 g/mol. The van der Waals surface area contributed by atoms with Gasteiger partial charge in [0, 0.05) is 54.2 Å². The summed E-state index contributed by atoms with van der Waals surface area (Å²) in [6, 6.07) is 24.1. The average Bonchev–Trinajstić information content (AvgIpc) is 3.70. The second-order valence-electron chi connectivity index (χ2n) is 10.4. The molecule has 1 aliphatic heterocycles. The molecule has 1 atom stereocenters. The van der Waals surface area contributed by atoms with E-state index in [0.29, 0.717) is 11.7 Å². The molecule has 0 radical (unpaired) electrons. The van der Waals surface area contributed by atoms with Gasteiger partial charge in [0.15, 0.2) is 0 Å². The van der Waals surface area contributed by atoms with Crippen molar-refractivity contribution < 1.29 is 9.59 Å². The highest BCUT2D eigenvalue weighted by Gasteiger charge is 2.31. The van der Waals surface area contributed by atoms with E-state index in [1.54, 1.807) is 0 Å². The number of nitrogens with one attached hydrogen (secondary N) is 3. The first kappa shape index (κ1) is 25.4. The van der Waals surface area contributed by atoms with E-state index in [0.717, 1.165) is 53.8 Å². The number of fused-ring (bicyclic) bond motifs is 2. The van der Waals surface area contributed by atoms with E-state index in [1.807, 2.05) is 60.2 Å². The fourth-order valence-electron chi connectivity index (χ4n) is 5.16. The van der Waals surface area contributed by atoms with Gasteiger partial charge in [0.2, 0.25) is 5.91 Å². The molecule has 6 rings (SSSR count). The van der Waals surface area contributed by atoms with Crippen molar-refractivity contribution in [1.29, 1.82) is 0 Å². The van der Waals surface area contributed by atoms with Gasteiger partial charge in [0.1, 0.15) is 0 Å². The fourth-order valence-corrected chi connectivity index (χ4v) is 6.19. The molecule has 0 bridgehead atoms. The molecular formula is C31H33N5O2S. The molecule has 1 aromatic heterocycles. The summed E-state index contributed by atoms with van der Waals surface area (Å²) in [5.74, 6) is 1.07. The van der Waals surface area contributed by atoms with Crippen LogP contribution in [-0.2, 0) is 11.3 Å². The summed E-state index contributed by atoms with van der Waals surface area (Å²) >= 11 is 1.85. The molecule has 1 fully saturated rings. The van der Waals surface area contributed by atoms with Gasteiger partial charge in [-0.2, -0.15) is 0 Å². The predicted octanol–water partition coefficient (Wildman–Crippen LogP) is 6.15. The van der Waals surface area contributed by atoms with Gasteiger partial charge in [-0.3, -0.25) is 4.79 Å². The monoisotopic (exact) mass is 539 g/mol. The van der Waals surface area contributed by atoms with E-state index < -0.39 is 6.04 Å². The highest BCUT2D eigenvalue weighted by atomic mass is 32.2. The van der Waals surface area contributed by atoms with Crippen LogP contribution in [0.15, 0.2) is 83.9 Å². The van der Waals surface area contributed by atoms with Crippen LogP contribution in [0.5, 0.6) is 0 Å². The fraction of sp³-hybridized carbons (Fsp3) is 0.290. The van der Waals surface area contributed by atoms with Crippen LogP contribution in [0.3, 0.4) is 0 Å². The van der Waals surface area contributed by atoms with E-state index in [2.05, 4.69) is 63.0 Å². The van der Waals surface area contributed by atoms with Gasteiger partial charge >= 0.3 is 6.03 Å². The van der Waals surface area contributed by atoms with Crippen LogP contribution in [0.2, 0.25) is 0 Å². The van der Waals surface area contributed by atoms with E-state index >= 15 is 0 Å². The smallest absolute Gasteiger partial charge is 0.319 e. The Morgan fingerprint density at radius 2 is 1.92 bits per heavy atom. The Kier molecular flexibility index (Phi) is 7.20. The molecule has 1 aliphatic carbocycles. The average molecular weight is 540 g/mol. The maximum atomic E-state index is 13.2. The number of urea groups is 1. The van der Waals surface area contributed by atoms with Gasteiger partial charge in [0.05, 0.1) is 18.2 Å². The Labute approximate surface area is 233 Å². The maximum Gasteiger partial charge on any atom is 0.319 e. The zero-order chi connectivity index (χ0) is 26.8. The molecule has 3 aromatic carbocycles. The van der Waals surface area contributed by atoms with Crippen molar-refractivity contribution in [3.8, 4) is 0 Å². The molecule has 1 unspecified atom stereocenters. The number of thioether (sulfide) groups is 1. The van der Waals surface area contributed by atoms with Crippen molar-refractivity contribution in [3.05, 3.63) is 90.1 Å². The number of amides is 3. The van der Waals surface area contributed by atoms with Crippen LogP contribution < -0.4 is 15.5 Å². The minimum Gasteiger partial charge on any atom is -0.365 e. The zero-order valence-corrected chi connectivity index (χ0v) is 22.8. The predicted molar refractivity (Wildman–Crippen MR) is 158 cm³/mol. The van der Waals surface area contributed by atoms with Gasteiger partial charge in [-0.05, 0) is 59.7 Å². The lowest BCUT2D eigenvalue weighted by molar-refractivity contribution is -0.130. The summed E-state index contributed by atoms with van der Waals surface area (Å²) in [5.41, 5.74) is 4.99. The van der Waals surface area contributed by atoms with Gasteiger partial charge in [0.25, 0.3) is 0 Å². The molecule has 3 N–H and O–H groups in total. The van der Waals surface area contributed by atoms with Crippen LogP contribution in [0.1, 0.15) is 36.4 Å². The standard InChI is InChI=1S/C31H33N5O2S/c1-35(25-10-11-25)30(37)19-27(34-31(38)33-24-9-7-22-13-14-32-26(22)18-24)23-8-12-29-28(17-23)36(15-16-39-29)20-21-5-3-2-4-6-21/h2-9,12-14,17-18,25,27,32H,10-11,15-16,19-20H2,1H3,(H2,33,34,38). The molecule has 0 saturated heterocycles. The molecule has 4 aromatic rings.